The molecule has 2 aromatic carbocycles. The number of anilines is 1. The summed E-state index contributed by atoms with van der Waals surface area (Å²) in [4.78, 5) is 30.2. The number of phenols is 1. The van der Waals surface area contributed by atoms with Gasteiger partial charge in [0.15, 0.2) is 17.4 Å². The normalized spacial score (nSPS) is 17.9. The van der Waals surface area contributed by atoms with Crippen LogP contribution in [0.5, 0.6) is 17.2 Å². The Bertz CT molecular complexity index is 1110. The van der Waals surface area contributed by atoms with Crippen LogP contribution >= 0.6 is 0 Å². The van der Waals surface area contributed by atoms with E-state index in [0.29, 0.717) is 17.0 Å². The van der Waals surface area contributed by atoms with Gasteiger partial charge in [0.05, 0.1) is 37.9 Å². The van der Waals surface area contributed by atoms with Crippen LogP contribution in [0.4, 0.5) is 5.95 Å². The summed E-state index contributed by atoms with van der Waals surface area (Å²) in [5.74, 6) is -1.89. The number of nitrogens with one attached hydrogen (secondary N) is 1. The minimum absolute atomic E-state index is 0.134. The molecule has 0 fully saturated rings. The monoisotopic (exact) mass is 411 g/mol. The smallest absolute Gasteiger partial charge is 0.321 e. The van der Waals surface area contributed by atoms with Gasteiger partial charge in [0, 0.05) is 0 Å². The summed E-state index contributed by atoms with van der Waals surface area (Å²) in [5, 5.41) is 13.0. The second kappa shape index (κ2) is 7.58. The number of aromatic hydroxyl groups is 1. The maximum Gasteiger partial charge on any atom is 0.321 e. The zero-order chi connectivity index (χ0) is 21.4. The van der Waals surface area contributed by atoms with Gasteiger partial charge in [-0.25, -0.2) is 4.98 Å². The van der Waals surface area contributed by atoms with Crippen molar-refractivity contribution < 1.29 is 28.9 Å². The molecule has 156 valence electrons. The van der Waals surface area contributed by atoms with E-state index >= 15 is 0 Å². The quantitative estimate of drug-likeness (QED) is 0.490. The highest BCUT2D eigenvalue weighted by molar-refractivity contribution is 6.07. The van der Waals surface area contributed by atoms with Crippen LogP contribution in [0.25, 0.3) is 11.0 Å². The van der Waals surface area contributed by atoms with Crippen molar-refractivity contribution in [3.63, 3.8) is 0 Å². The van der Waals surface area contributed by atoms with Gasteiger partial charge < -0.3 is 23.9 Å². The third-order valence-electron chi connectivity index (χ3n) is 5.09. The molecule has 0 bridgehead atoms. The Kier molecular flexibility index (Phi) is 4.94. The number of benzene rings is 2. The van der Waals surface area contributed by atoms with Crippen LogP contribution < -0.4 is 14.8 Å². The Morgan fingerprint density at radius 2 is 1.87 bits per heavy atom. The standard InChI is InChI=1S/C21H21N3O6/c1-4-30-20(27)16-17(11-9-14(28-2)18(25)15(10-11)29-3)24-13-8-6-5-7-12(13)22-21(24)23-19(16)26/h5-10,16-17,25H,4H2,1-3H3,(H,22,23,26)/t16-,17+/m1/s1. The van der Waals surface area contributed by atoms with E-state index in [1.165, 1.54) is 14.2 Å². The minimum atomic E-state index is -1.17. The summed E-state index contributed by atoms with van der Waals surface area (Å²) >= 11 is 0. The Morgan fingerprint density at radius 3 is 2.50 bits per heavy atom. The SMILES string of the molecule is CCOC(=O)[C@H]1C(=O)Nc2nc3ccccc3n2[C@H]1c1cc(OC)c(O)c(OC)c1. The van der Waals surface area contributed by atoms with E-state index in [9.17, 15) is 14.7 Å². The molecule has 9 heteroatoms. The fourth-order valence-corrected chi connectivity index (χ4v) is 3.79. The summed E-state index contributed by atoms with van der Waals surface area (Å²) in [7, 11) is 2.82. The zero-order valence-electron chi connectivity index (χ0n) is 16.7. The topological polar surface area (TPSA) is 112 Å². The van der Waals surface area contributed by atoms with Crippen LogP contribution in [0, 0.1) is 5.92 Å². The van der Waals surface area contributed by atoms with Crippen LogP contribution in [0.15, 0.2) is 36.4 Å². The highest BCUT2D eigenvalue weighted by Gasteiger charge is 2.44. The maximum absolute atomic E-state index is 12.9. The van der Waals surface area contributed by atoms with E-state index in [2.05, 4.69) is 10.3 Å². The lowest BCUT2D eigenvalue weighted by atomic mass is 9.89. The molecular weight excluding hydrogens is 390 g/mol. The van der Waals surface area contributed by atoms with E-state index < -0.39 is 23.8 Å². The van der Waals surface area contributed by atoms with Crippen molar-refractivity contribution in [3.8, 4) is 17.2 Å². The molecule has 0 saturated heterocycles. The van der Waals surface area contributed by atoms with Gasteiger partial charge in [-0.2, -0.15) is 0 Å². The van der Waals surface area contributed by atoms with Crippen molar-refractivity contribution in [1.82, 2.24) is 9.55 Å². The number of rotatable bonds is 5. The number of hydrogen-bond acceptors (Lipinski definition) is 7. The Hall–Kier alpha value is -3.75. The molecule has 2 atom stereocenters. The second-order valence-corrected chi connectivity index (χ2v) is 6.73. The van der Waals surface area contributed by atoms with Crippen molar-refractivity contribution in [2.45, 2.75) is 13.0 Å². The number of fused-ring (bicyclic) bond motifs is 3. The molecule has 9 nitrogen and oxygen atoms in total. The minimum Gasteiger partial charge on any atom is -0.502 e. The van der Waals surface area contributed by atoms with Gasteiger partial charge in [0.1, 0.15) is 0 Å². The molecule has 0 unspecified atom stereocenters. The molecule has 30 heavy (non-hydrogen) atoms. The maximum atomic E-state index is 12.9. The summed E-state index contributed by atoms with van der Waals surface area (Å²) in [6, 6.07) is 9.73. The predicted octanol–water partition coefficient (Wildman–Crippen LogP) is 2.48. The zero-order valence-corrected chi connectivity index (χ0v) is 16.7. The van der Waals surface area contributed by atoms with Crippen molar-refractivity contribution in [2.24, 2.45) is 5.92 Å². The first-order valence-electron chi connectivity index (χ1n) is 9.39. The molecule has 1 aliphatic rings. The van der Waals surface area contributed by atoms with Gasteiger partial charge in [0.2, 0.25) is 17.6 Å². The Labute approximate surface area is 172 Å². The predicted molar refractivity (Wildman–Crippen MR) is 108 cm³/mol. The number of ether oxygens (including phenoxy) is 3. The molecule has 0 saturated carbocycles. The van der Waals surface area contributed by atoms with E-state index in [0.717, 1.165) is 5.52 Å². The van der Waals surface area contributed by atoms with Crippen LogP contribution in [0.1, 0.15) is 18.5 Å². The molecule has 0 aliphatic carbocycles. The van der Waals surface area contributed by atoms with Crippen molar-refractivity contribution in [2.75, 3.05) is 26.1 Å². The van der Waals surface area contributed by atoms with Gasteiger partial charge in [-0.3, -0.25) is 14.9 Å². The third-order valence-corrected chi connectivity index (χ3v) is 5.09. The molecule has 4 rings (SSSR count). The fourth-order valence-electron chi connectivity index (χ4n) is 3.79. The lowest BCUT2D eigenvalue weighted by molar-refractivity contribution is -0.152. The van der Waals surface area contributed by atoms with E-state index in [-0.39, 0.29) is 23.9 Å². The van der Waals surface area contributed by atoms with Crippen molar-refractivity contribution in [1.29, 1.82) is 0 Å². The number of methoxy groups -OCH3 is 2. The van der Waals surface area contributed by atoms with Crippen molar-refractivity contribution >= 4 is 28.9 Å². The average molecular weight is 411 g/mol. The Morgan fingerprint density at radius 1 is 1.20 bits per heavy atom. The highest BCUT2D eigenvalue weighted by Crippen LogP contribution is 2.44. The first kappa shape index (κ1) is 19.6. The largest absolute Gasteiger partial charge is 0.502 e. The lowest BCUT2D eigenvalue weighted by Gasteiger charge is -2.32. The summed E-state index contributed by atoms with van der Waals surface area (Å²) in [6.07, 6.45) is 0. The molecule has 0 radical (unpaired) electrons. The number of aromatic nitrogens is 2. The summed E-state index contributed by atoms with van der Waals surface area (Å²) < 4.78 is 17.5. The van der Waals surface area contributed by atoms with Gasteiger partial charge in [0.25, 0.3) is 0 Å². The van der Waals surface area contributed by atoms with Crippen molar-refractivity contribution in [3.05, 3.63) is 42.0 Å². The molecular formula is C21H21N3O6. The molecule has 2 N–H and O–H groups in total. The van der Waals surface area contributed by atoms with Crippen LogP contribution in [0.3, 0.4) is 0 Å². The third kappa shape index (κ3) is 2.99. The molecule has 1 amide bonds. The fraction of sp³-hybridized carbons (Fsp3) is 0.286. The first-order valence-corrected chi connectivity index (χ1v) is 9.39. The highest BCUT2D eigenvalue weighted by atomic mass is 16.5. The Balaban J connectivity index is 2.00. The average Bonchev–Trinajstić information content (AvgIpc) is 3.10. The number of para-hydroxylation sites is 2. The van der Waals surface area contributed by atoms with E-state index in [1.807, 2.05) is 24.3 Å². The van der Waals surface area contributed by atoms with Crippen LogP contribution in [-0.2, 0) is 14.3 Å². The number of carbonyl (C=O) groups excluding carboxylic acids is 2. The van der Waals surface area contributed by atoms with Gasteiger partial charge in [-0.15, -0.1) is 0 Å². The summed E-state index contributed by atoms with van der Waals surface area (Å²) in [5.41, 5.74) is 1.93. The van der Waals surface area contributed by atoms with Crippen LogP contribution in [0.2, 0.25) is 0 Å². The first-order chi connectivity index (χ1) is 14.5. The molecule has 1 aliphatic heterocycles. The number of amides is 1. The molecule has 0 spiro atoms. The number of esters is 1. The molecule has 1 aromatic heterocycles. The van der Waals surface area contributed by atoms with Gasteiger partial charge in [-0.05, 0) is 36.8 Å². The van der Waals surface area contributed by atoms with Gasteiger partial charge in [-0.1, -0.05) is 12.1 Å². The number of carbonyl (C=O) groups is 2. The second-order valence-electron chi connectivity index (χ2n) is 6.73. The molecule has 2 heterocycles. The van der Waals surface area contributed by atoms with E-state index in [4.69, 9.17) is 14.2 Å². The van der Waals surface area contributed by atoms with Crippen LogP contribution in [-0.4, -0.2) is 47.4 Å². The van der Waals surface area contributed by atoms with E-state index in [1.54, 1.807) is 23.6 Å². The van der Waals surface area contributed by atoms with Gasteiger partial charge >= 0.3 is 5.97 Å². The number of imidazole rings is 1. The number of nitrogens with zero attached hydrogens (tertiary/aromatic N) is 2. The lowest BCUT2D eigenvalue weighted by Crippen LogP contribution is -2.43. The molecule has 3 aromatic rings. The number of hydrogen-bond donors (Lipinski definition) is 2. The number of phenolic OH excluding ortho intramolecular Hbond substituents is 1. The summed E-state index contributed by atoms with van der Waals surface area (Å²) in [6.45, 7) is 1.81.